The molecule has 5 heteroatoms. The van der Waals surface area contributed by atoms with Gasteiger partial charge in [0.1, 0.15) is 6.10 Å². The molecule has 1 aromatic heterocycles. The van der Waals surface area contributed by atoms with E-state index in [4.69, 9.17) is 15.2 Å². The Morgan fingerprint density at radius 1 is 1.16 bits per heavy atom. The lowest BCUT2D eigenvalue weighted by Crippen LogP contribution is -2.38. The quantitative estimate of drug-likeness (QED) is 0.846. The Morgan fingerprint density at radius 3 is 2.68 bits per heavy atom. The fourth-order valence-electron chi connectivity index (χ4n) is 2.29. The second-order valence-electron chi connectivity index (χ2n) is 5.32. The van der Waals surface area contributed by atoms with Gasteiger partial charge in [0.15, 0.2) is 0 Å². The fraction of sp³-hybridized carbons (Fsp3) is 0.714. The van der Waals surface area contributed by atoms with Gasteiger partial charge in [-0.25, -0.2) is 0 Å². The first kappa shape index (κ1) is 14.1. The minimum absolute atomic E-state index is 0.0334. The summed E-state index contributed by atoms with van der Waals surface area (Å²) in [7, 11) is 0. The smallest absolute Gasteiger partial charge is 0.235 e. The van der Waals surface area contributed by atoms with Crippen molar-refractivity contribution in [2.24, 2.45) is 5.73 Å². The van der Waals surface area contributed by atoms with Gasteiger partial charge >= 0.3 is 0 Å². The summed E-state index contributed by atoms with van der Waals surface area (Å²) in [6.07, 6.45) is 8.89. The third kappa shape index (κ3) is 4.35. The van der Waals surface area contributed by atoms with Crippen molar-refractivity contribution in [3.8, 4) is 11.8 Å². The summed E-state index contributed by atoms with van der Waals surface area (Å²) < 4.78 is 11.4. The van der Waals surface area contributed by atoms with Gasteiger partial charge in [0.05, 0.1) is 18.5 Å². The van der Waals surface area contributed by atoms with Crippen LogP contribution in [-0.4, -0.2) is 28.2 Å². The molecule has 0 bridgehead atoms. The van der Waals surface area contributed by atoms with Gasteiger partial charge in [-0.2, -0.15) is 4.98 Å². The molecule has 2 atom stereocenters. The molecule has 0 saturated heterocycles. The first-order valence-electron chi connectivity index (χ1n) is 7.06. The van der Waals surface area contributed by atoms with Gasteiger partial charge in [-0.1, -0.05) is 12.8 Å². The molecule has 1 saturated carbocycles. The molecule has 1 aliphatic rings. The van der Waals surface area contributed by atoms with E-state index in [1.165, 1.54) is 12.8 Å². The summed E-state index contributed by atoms with van der Waals surface area (Å²) in [5, 5.41) is 0. The number of hydrogen-bond acceptors (Lipinski definition) is 5. The molecule has 0 amide bonds. The highest BCUT2D eigenvalue weighted by Crippen LogP contribution is 2.22. The van der Waals surface area contributed by atoms with Crippen molar-refractivity contribution in [2.45, 2.75) is 64.2 Å². The van der Waals surface area contributed by atoms with Crippen LogP contribution in [0.25, 0.3) is 0 Å². The van der Waals surface area contributed by atoms with Gasteiger partial charge < -0.3 is 15.2 Å². The van der Waals surface area contributed by atoms with E-state index in [0.717, 1.165) is 19.3 Å². The van der Waals surface area contributed by atoms with Crippen LogP contribution in [0, 0.1) is 0 Å². The molecule has 2 N–H and O–H groups in total. The van der Waals surface area contributed by atoms with Crippen LogP contribution in [0.4, 0.5) is 0 Å². The molecule has 2 unspecified atom stereocenters. The van der Waals surface area contributed by atoms with Gasteiger partial charge in [0, 0.05) is 6.04 Å². The highest BCUT2D eigenvalue weighted by atomic mass is 16.5. The van der Waals surface area contributed by atoms with Crippen molar-refractivity contribution >= 4 is 0 Å². The zero-order valence-corrected chi connectivity index (χ0v) is 11.7. The first-order valence-corrected chi connectivity index (χ1v) is 7.06. The van der Waals surface area contributed by atoms with Crippen LogP contribution in [0.5, 0.6) is 11.8 Å². The average molecular weight is 265 g/mol. The SMILES string of the molecule is CC(C)Oc1cncc(OC2CCCCCC2N)n1. The number of nitrogens with zero attached hydrogens (tertiary/aromatic N) is 2. The Hall–Kier alpha value is -1.36. The normalized spacial score (nSPS) is 24.0. The third-order valence-corrected chi connectivity index (χ3v) is 3.22. The topological polar surface area (TPSA) is 70.3 Å². The lowest BCUT2D eigenvalue weighted by Gasteiger charge is -2.22. The highest BCUT2D eigenvalue weighted by Gasteiger charge is 2.22. The first-order chi connectivity index (χ1) is 9.15. The summed E-state index contributed by atoms with van der Waals surface area (Å²) in [6, 6.07) is 0.0824. The number of hydrogen-bond donors (Lipinski definition) is 1. The van der Waals surface area contributed by atoms with Gasteiger partial charge in [0.2, 0.25) is 11.8 Å². The Kier molecular flexibility index (Phi) is 4.96. The maximum absolute atomic E-state index is 6.14. The molecule has 106 valence electrons. The summed E-state index contributed by atoms with van der Waals surface area (Å²) in [4.78, 5) is 8.41. The van der Waals surface area contributed by atoms with E-state index in [9.17, 15) is 0 Å². The number of ether oxygens (including phenoxy) is 2. The van der Waals surface area contributed by atoms with E-state index < -0.39 is 0 Å². The second kappa shape index (κ2) is 6.70. The zero-order valence-electron chi connectivity index (χ0n) is 11.7. The molecule has 2 rings (SSSR count). The molecule has 0 spiro atoms. The summed E-state index contributed by atoms with van der Waals surface area (Å²) in [6.45, 7) is 3.91. The van der Waals surface area contributed by atoms with Crippen LogP contribution >= 0.6 is 0 Å². The van der Waals surface area contributed by atoms with Crippen LogP contribution in [0.15, 0.2) is 12.4 Å². The van der Waals surface area contributed by atoms with Crippen molar-refractivity contribution in [3.63, 3.8) is 0 Å². The molecule has 19 heavy (non-hydrogen) atoms. The zero-order chi connectivity index (χ0) is 13.7. The summed E-state index contributed by atoms with van der Waals surface area (Å²) in [5.41, 5.74) is 6.14. The predicted octanol–water partition coefficient (Wildman–Crippen LogP) is 2.30. The molecular weight excluding hydrogens is 242 g/mol. The standard InChI is InChI=1S/C14H23N3O2/c1-10(2)18-13-8-16-9-14(17-13)19-12-7-5-3-4-6-11(12)15/h8-12H,3-7,15H2,1-2H3. The molecule has 0 aromatic carbocycles. The molecule has 1 aromatic rings. The van der Waals surface area contributed by atoms with Crippen molar-refractivity contribution in [2.75, 3.05) is 0 Å². The van der Waals surface area contributed by atoms with Crippen molar-refractivity contribution in [3.05, 3.63) is 12.4 Å². The molecule has 5 nitrogen and oxygen atoms in total. The Bertz CT molecular complexity index is 398. The Morgan fingerprint density at radius 2 is 1.89 bits per heavy atom. The molecule has 0 radical (unpaired) electrons. The molecule has 0 aliphatic heterocycles. The van der Waals surface area contributed by atoms with E-state index in [0.29, 0.717) is 11.8 Å². The van der Waals surface area contributed by atoms with E-state index in [1.807, 2.05) is 13.8 Å². The van der Waals surface area contributed by atoms with E-state index in [1.54, 1.807) is 12.4 Å². The number of nitrogens with two attached hydrogens (primary N) is 1. The monoisotopic (exact) mass is 265 g/mol. The molecule has 1 aliphatic carbocycles. The van der Waals surface area contributed by atoms with E-state index >= 15 is 0 Å². The molecule has 1 heterocycles. The summed E-state index contributed by atoms with van der Waals surface area (Å²) in [5.74, 6) is 0.996. The minimum atomic E-state index is 0.0334. The largest absolute Gasteiger partial charge is 0.474 e. The van der Waals surface area contributed by atoms with Crippen LogP contribution in [0.2, 0.25) is 0 Å². The number of aromatic nitrogens is 2. The van der Waals surface area contributed by atoms with E-state index in [-0.39, 0.29) is 18.2 Å². The fourth-order valence-corrected chi connectivity index (χ4v) is 2.29. The highest BCUT2D eigenvalue weighted by molar-refractivity contribution is 5.13. The maximum atomic E-state index is 6.14. The third-order valence-electron chi connectivity index (χ3n) is 3.22. The van der Waals surface area contributed by atoms with Gasteiger partial charge in [0.25, 0.3) is 0 Å². The molecule has 1 fully saturated rings. The Balaban J connectivity index is 2.01. The van der Waals surface area contributed by atoms with Gasteiger partial charge in [-0.15, -0.1) is 0 Å². The second-order valence-corrected chi connectivity index (χ2v) is 5.32. The lowest BCUT2D eigenvalue weighted by atomic mass is 10.1. The van der Waals surface area contributed by atoms with Crippen molar-refractivity contribution in [1.29, 1.82) is 0 Å². The van der Waals surface area contributed by atoms with Crippen LogP contribution in [0.1, 0.15) is 46.0 Å². The minimum Gasteiger partial charge on any atom is -0.474 e. The average Bonchev–Trinajstić information content (AvgIpc) is 2.55. The number of rotatable bonds is 4. The predicted molar refractivity (Wildman–Crippen MR) is 73.3 cm³/mol. The van der Waals surface area contributed by atoms with E-state index in [2.05, 4.69) is 9.97 Å². The Labute approximate surface area is 114 Å². The van der Waals surface area contributed by atoms with Crippen LogP contribution in [0.3, 0.4) is 0 Å². The van der Waals surface area contributed by atoms with Crippen molar-refractivity contribution in [1.82, 2.24) is 9.97 Å². The molecular formula is C14H23N3O2. The maximum Gasteiger partial charge on any atom is 0.235 e. The van der Waals surface area contributed by atoms with Crippen LogP contribution in [-0.2, 0) is 0 Å². The lowest BCUT2D eigenvalue weighted by molar-refractivity contribution is 0.151. The van der Waals surface area contributed by atoms with Crippen molar-refractivity contribution < 1.29 is 9.47 Å². The van der Waals surface area contributed by atoms with Gasteiger partial charge in [-0.05, 0) is 33.1 Å². The van der Waals surface area contributed by atoms with Gasteiger partial charge in [-0.3, -0.25) is 4.98 Å². The summed E-state index contributed by atoms with van der Waals surface area (Å²) >= 11 is 0. The van der Waals surface area contributed by atoms with Crippen LogP contribution < -0.4 is 15.2 Å².